The van der Waals surface area contributed by atoms with Gasteiger partial charge >= 0.3 is 0 Å². The molecule has 0 bridgehead atoms. The van der Waals surface area contributed by atoms with Gasteiger partial charge in [0.1, 0.15) is 5.75 Å². The van der Waals surface area contributed by atoms with E-state index < -0.39 is 11.2 Å². The number of non-ortho nitro benzene ring substituents is 1. The summed E-state index contributed by atoms with van der Waals surface area (Å²) < 4.78 is 11.3. The summed E-state index contributed by atoms with van der Waals surface area (Å²) in [5.41, 5.74) is 1.66. The molecular formula is C14H11NO4. The van der Waals surface area contributed by atoms with Crippen LogP contribution in [-0.4, -0.2) is 4.92 Å². The number of benzene rings is 2. The fourth-order valence-electron chi connectivity index (χ4n) is 2.00. The minimum Gasteiger partial charge on any atom is -0.460 e. The van der Waals surface area contributed by atoms with Gasteiger partial charge in [0.15, 0.2) is 0 Å². The van der Waals surface area contributed by atoms with Crippen molar-refractivity contribution in [1.29, 1.82) is 0 Å². The number of nitro benzene ring substituents is 1. The largest absolute Gasteiger partial charge is 0.460 e. The second-order valence-electron chi connectivity index (χ2n) is 4.22. The number of nitrogens with zero attached hydrogens (tertiary/aromatic N) is 1. The summed E-state index contributed by atoms with van der Waals surface area (Å²) in [5, 5.41) is 10.7. The van der Waals surface area contributed by atoms with Crippen LogP contribution >= 0.6 is 0 Å². The molecule has 0 aromatic heterocycles. The molecule has 0 saturated heterocycles. The van der Waals surface area contributed by atoms with Crippen molar-refractivity contribution in [2.75, 3.05) is 0 Å². The molecule has 96 valence electrons. The third-order valence-electron chi connectivity index (χ3n) is 2.95. The number of ether oxygens (including phenoxy) is 2. The Kier molecular flexibility index (Phi) is 2.89. The summed E-state index contributed by atoms with van der Waals surface area (Å²) in [7, 11) is 0. The molecule has 5 nitrogen and oxygen atoms in total. The van der Waals surface area contributed by atoms with Crippen molar-refractivity contribution in [1.82, 2.24) is 0 Å². The molecule has 1 atom stereocenters. The summed E-state index contributed by atoms with van der Waals surface area (Å²) in [6.45, 7) is 0.302. The van der Waals surface area contributed by atoms with Gasteiger partial charge < -0.3 is 9.47 Å². The van der Waals surface area contributed by atoms with E-state index in [1.807, 2.05) is 30.3 Å². The minimum atomic E-state index is -0.463. The Morgan fingerprint density at radius 1 is 1.16 bits per heavy atom. The zero-order chi connectivity index (χ0) is 13.2. The van der Waals surface area contributed by atoms with Gasteiger partial charge in [0, 0.05) is 23.3 Å². The van der Waals surface area contributed by atoms with Crippen LogP contribution in [0.15, 0.2) is 48.5 Å². The summed E-state index contributed by atoms with van der Waals surface area (Å²) >= 11 is 0. The topological polar surface area (TPSA) is 61.6 Å². The van der Waals surface area contributed by atoms with E-state index in [1.165, 1.54) is 12.1 Å². The van der Waals surface area contributed by atoms with E-state index in [4.69, 9.17) is 9.47 Å². The van der Waals surface area contributed by atoms with Crippen molar-refractivity contribution in [2.24, 2.45) is 0 Å². The highest BCUT2D eigenvalue weighted by atomic mass is 16.7. The van der Waals surface area contributed by atoms with Gasteiger partial charge in [0.25, 0.3) is 5.69 Å². The third kappa shape index (κ3) is 2.28. The van der Waals surface area contributed by atoms with Crippen molar-refractivity contribution >= 4 is 5.69 Å². The van der Waals surface area contributed by atoms with Crippen LogP contribution in [0.1, 0.15) is 17.4 Å². The van der Waals surface area contributed by atoms with Gasteiger partial charge in [-0.1, -0.05) is 30.3 Å². The Labute approximate surface area is 109 Å². The zero-order valence-electron chi connectivity index (χ0n) is 9.98. The van der Waals surface area contributed by atoms with Crippen molar-refractivity contribution < 1.29 is 14.4 Å². The lowest BCUT2D eigenvalue weighted by molar-refractivity contribution is -0.385. The predicted molar refractivity (Wildman–Crippen MR) is 67.7 cm³/mol. The first-order valence-electron chi connectivity index (χ1n) is 5.84. The number of rotatable bonds is 2. The molecule has 1 aliphatic rings. The standard InChI is InChI=1S/C14H11NO4/c16-15(17)12-6-7-13-11(8-12)9-18-14(19-13)10-4-2-1-3-5-10/h1-8,14H,9H2. The van der Waals surface area contributed by atoms with Crippen LogP contribution in [0.2, 0.25) is 0 Å². The molecule has 0 radical (unpaired) electrons. The molecular weight excluding hydrogens is 246 g/mol. The average molecular weight is 257 g/mol. The van der Waals surface area contributed by atoms with E-state index in [0.717, 1.165) is 5.56 Å². The van der Waals surface area contributed by atoms with Crippen LogP contribution in [0, 0.1) is 10.1 Å². The Bertz CT molecular complexity index is 612. The van der Waals surface area contributed by atoms with E-state index in [0.29, 0.717) is 17.9 Å². The van der Waals surface area contributed by atoms with Crippen molar-refractivity contribution in [3.63, 3.8) is 0 Å². The van der Waals surface area contributed by atoms with E-state index in [9.17, 15) is 10.1 Å². The van der Waals surface area contributed by atoms with Crippen LogP contribution < -0.4 is 4.74 Å². The number of nitro groups is 1. The smallest absolute Gasteiger partial charge is 0.270 e. The Morgan fingerprint density at radius 2 is 1.95 bits per heavy atom. The molecule has 0 spiro atoms. The van der Waals surface area contributed by atoms with E-state index in [2.05, 4.69) is 0 Å². The third-order valence-corrected chi connectivity index (χ3v) is 2.95. The fraction of sp³-hybridized carbons (Fsp3) is 0.143. The van der Waals surface area contributed by atoms with Gasteiger partial charge in [0.05, 0.1) is 11.5 Å². The lowest BCUT2D eigenvalue weighted by Crippen LogP contribution is -2.17. The summed E-state index contributed by atoms with van der Waals surface area (Å²) in [6.07, 6.45) is -0.463. The van der Waals surface area contributed by atoms with Gasteiger partial charge in [-0.15, -0.1) is 0 Å². The minimum absolute atomic E-state index is 0.0455. The molecule has 1 aliphatic heterocycles. The van der Waals surface area contributed by atoms with Gasteiger partial charge in [-0.25, -0.2) is 0 Å². The number of hydrogen-bond acceptors (Lipinski definition) is 4. The Hall–Kier alpha value is -2.40. The molecule has 1 unspecified atom stereocenters. The highest BCUT2D eigenvalue weighted by Crippen LogP contribution is 2.34. The van der Waals surface area contributed by atoms with Crippen LogP contribution in [0.25, 0.3) is 0 Å². The fourth-order valence-corrected chi connectivity index (χ4v) is 2.00. The van der Waals surface area contributed by atoms with E-state index in [-0.39, 0.29) is 5.69 Å². The lowest BCUT2D eigenvalue weighted by atomic mass is 10.1. The molecule has 0 N–H and O–H groups in total. The van der Waals surface area contributed by atoms with Crippen molar-refractivity contribution in [3.8, 4) is 5.75 Å². The second kappa shape index (κ2) is 4.70. The monoisotopic (exact) mass is 257 g/mol. The normalized spacial score (nSPS) is 17.4. The molecule has 1 heterocycles. The zero-order valence-corrected chi connectivity index (χ0v) is 9.98. The van der Waals surface area contributed by atoms with Gasteiger partial charge in [-0.05, 0) is 6.07 Å². The van der Waals surface area contributed by atoms with Crippen LogP contribution in [0.5, 0.6) is 5.75 Å². The summed E-state index contributed by atoms with van der Waals surface area (Å²) in [6, 6.07) is 14.1. The molecule has 19 heavy (non-hydrogen) atoms. The maximum atomic E-state index is 10.7. The molecule has 5 heteroatoms. The first kappa shape index (κ1) is 11.7. The Morgan fingerprint density at radius 3 is 2.68 bits per heavy atom. The van der Waals surface area contributed by atoms with E-state index >= 15 is 0 Å². The van der Waals surface area contributed by atoms with Crippen LogP contribution in [0.4, 0.5) is 5.69 Å². The average Bonchev–Trinajstić information content (AvgIpc) is 2.47. The molecule has 0 aliphatic carbocycles. The molecule has 2 aromatic rings. The quantitative estimate of drug-likeness (QED) is 0.612. The molecule has 0 saturated carbocycles. The first-order valence-corrected chi connectivity index (χ1v) is 5.84. The van der Waals surface area contributed by atoms with Gasteiger partial charge in [-0.3, -0.25) is 10.1 Å². The second-order valence-corrected chi connectivity index (χ2v) is 4.22. The van der Waals surface area contributed by atoms with Crippen molar-refractivity contribution in [2.45, 2.75) is 12.9 Å². The number of fused-ring (bicyclic) bond motifs is 1. The maximum absolute atomic E-state index is 10.7. The van der Waals surface area contributed by atoms with Crippen LogP contribution in [0.3, 0.4) is 0 Å². The molecule has 0 amide bonds. The SMILES string of the molecule is O=[N+]([O-])c1ccc2c(c1)COC(c1ccccc1)O2. The number of hydrogen-bond donors (Lipinski definition) is 0. The highest BCUT2D eigenvalue weighted by Gasteiger charge is 2.23. The maximum Gasteiger partial charge on any atom is 0.270 e. The van der Waals surface area contributed by atoms with Crippen molar-refractivity contribution in [3.05, 3.63) is 69.8 Å². The lowest BCUT2D eigenvalue weighted by Gasteiger charge is -2.26. The predicted octanol–water partition coefficient (Wildman–Crippen LogP) is 3.20. The van der Waals surface area contributed by atoms with Crippen LogP contribution in [-0.2, 0) is 11.3 Å². The molecule has 0 fully saturated rings. The highest BCUT2D eigenvalue weighted by molar-refractivity contribution is 5.44. The Balaban J connectivity index is 1.87. The summed E-state index contributed by atoms with van der Waals surface area (Å²) in [5.74, 6) is 0.630. The first-order chi connectivity index (χ1) is 9.24. The van der Waals surface area contributed by atoms with Gasteiger partial charge in [-0.2, -0.15) is 0 Å². The summed E-state index contributed by atoms with van der Waals surface area (Å²) in [4.78, 5) is 10.3. The van der Waals surface area contributed by atoms with Gasteiger partial charge in [0.2, 0.25) is 6.29 Å². The molecule has 2 aromatic carbocycles. The molecule has 3 rings (SSSR count). The van der Waals surface area contributed by atoms with E-state index in [1.54, 1.807) is 6.07 Å².